The molecule has 118 valence electrons. The molecule has 0 amide bonds. The van der Waals surface area contributed by atoms with Crippen molar-refractivity contribution < 1.29 is 4.74 Å². The van der Waals surface area contributed by atoms with Crippen molar-refractivity contribution in [2.75, 3.05) is 26.2 Å². The number of rotatable bonds is 9. The Morgan fingerprint density at radius 3 is 2.05 bits per heavy atom. The van der Waals surface area contributed by atoms with Crippen LogP contribution in [-0.4, -0.2) is 31.1 Å². The molecule has 22 heavy (non-hydrogen) atoms. The maximum atomic E-state index is 5.83. The largest absolute Gasteiger partial charge is 0.494 e. The smallest absolute Gasteiger partial charge is 0.119 e. The summed E-state index contributed by atoms with van der Waals surface area (Å²) in [5.41, 5.74) is 2.47. The number of hydrogen-bond donors (Lipinski definition) is 0. The zero-order valence-corrected chi connectivity index (χ0v) is 13.8. The molecule has 0 fully saturated rings. The first kappa shape index (κ1) is 16.6. The van der Waals surface area contributed by atoms with Crippen molar-refractivity contribution in [1.29, 1.82) is 0 Å². The first-order valence-electron chi connectivity index (χ1n) is 8.34. The Balaban J connectivity index is 1.73. The van der Waals surface area contributed by atoms with E-state index in [4.69, 9.17) is 4.74 Å². The third kappa shape index (κ3) is 5.19. The fraction of sp³-hybridized carbons (Fsp3) is 0.400. The topological polar surface area (TPSA) is 12.5 Å². The van der Waals surface area contributed by atoms with Crippen LogP contribution >= 0.6 is 0 Å². The van der Waals surface area contributed by atoms with E-state index < -0.39 is 0 Å². The van der Waals surface area contributed by atoms with Crippen molar-refractivity contribution in [1.82, 2.24) is 4.90 Å². The Labute approximate surface area is 134 Å². The third-order valence-corrected chi connectivity index (χ3v) is 3.99. The second kappa shape index (κ2) is 9.26. The molecular weight excluding hydrogens is 270 g/mol. The van der Waals surface area contributed by atoms with Crippen LogP contribution in [0.5, 0.6) is 5.75 Å². The molecule has 2 rings (SSSR count). The lowest BCUT2D eigenvalue weighted by Crippen LogP contribution is -2.24. The summed E-state index contributed by atoms with van der Waals surface area (Å²) in [6, 6.07) is 18.8. The molecule has 0 atom stereocenters. The Kier molecular flexibility index (Phi) is 6.98. The van der Waals surface area contributed by atoms with Gasteiger partial charge in [0.1, 0.15) is 5.75 Å². The van der Waals surface area contributed by atoms with Crippen LogP contribution in [0.2, 0.25) is 0 Å². The molecule has 2 aromatic rings. The fourth-order valence-electron chi connectivity index (χ4n) is 2.54. The summed E-state index contributed by atoms with van der Waals surface area (Å²) in [6.45, 7) is 8.68. The SMILES string of the molecule is CCN(CC)CCCCOc1ccc(-c2ccccc2)cc1. The lowest BCUT2D eigenvalue weighted by Gasteiger charge is -2.17. The maximum absolute atomic E-state index is 5.83. The van der Waals surface area contributed by atoms with E-state index in [9.17, 15) is 0 Å². The molecule has 0 saturated carbocycles. The van der Waals surface area contributed by atoms with Gasteiger partial charge in [0.2, 0.25) is 0 Å². The van der Waals surface area contributed by atoms with Gasteiger partial charge in [-0.15, -0.1) is 0 Å². The Morgan fingerprint density at radius 1 is 0.773 bits per heavy atom. The van der Waals surface area contributed by atoms with Gasteiger partial charge in [0.05, 0.1) is 6.61 Å². The zero-order chi connectivity index (χ0) is 15.6. The maximum Gasteiger partial charge on any atom is 0.119 e. The van der Waals surface area contributed by atoms with Gasteiger partial charge in [-0.3, -0.25) is 0 Å². The number of nitrogens with zero attached hydrogens (tertiary/aromatic N) is 1. The standard InChI is InChI=1S/C20H27NO/c1-3-21(4-2)16-8-9-17-22-20-14-12-19(13-15-20)18-10-6-5-7-11-18/h5-7,10-15H,3-4,8-9,16-17H2,1-2H3. The fourth-order valence-corrected chi connectivity index (χ4v) is 2.54. The molecular formula is C20H27NO. The Morgan fingerprint density at radius 2 is 1.41 bits per heavy atom. The monoisotopic (exact) mass is 297 g/mol. The highest BCUT2D eigenvalue weighted by molar-refractivity contribution is 5.63. The second-order valence-corrected chi connectivity index (χ2v) is 5.47. The lowest BCUT2D eigenvalue weighted by atomic mass is 10.1. The molecule has 0 bridgehead atoms. The number of unbranched alkanes of at least 4 members (excludes halogenated alkanes) is 1. The van der Waals surface area contributed by atoms with Crippen molar-refractivity contribution in [2.45, 2.75) is 26.7 Å². The van der Waals surface area contributed by atoms with Crippen molar-refractivity contribution in [3.05, 3.63) is 54.6 Å². The zero-order valence-electron chi connectivity index (χ0n) is 13.8. The minimum atomic E-state index is 0.798. The van der Waals surface area contributed by atoms with Gasteiger partial charge in [0.25, 0.3) is 0 Å². The van der Waals surface area contributed by atoms with E-state index in [0.29, 0.717) is 0 Å². The first-order valence-corrected chi connectivity index (χ1v) is 8.34. The summed E-state index contributed by atoms with van der Waals surface area (Å²) >= 11 is 0. The predicted molar refractivity (Wildman–Crippen MR) is 94.4 cm³/mol. The number of ether oxygens (including phenoxy) is 1. The van der Waals surface area contributed by atoms with E-state index >= 15 is 0 Å². The van der Waals surface area contributed by atoms with E-state index in [2.05, 4.69) is 67.3 Å². The average molecular weight is 297 g/mol. The van der Waals surface area contributed by atoms with Crippen LogP contribution in [-0.2, 0) is 0 Å². The molecule has 0 unspecified atom stereocenters. The lowest BCUT2D eigenvalue weighted by molar-refractivity contribution is 0.266. The molecule has 2 nitrogen and oxygen atoms in total. The second-order valence-electron chi connectivity index (χ2n) is 5.47. The summed E-state index contributed by atoms with van der Waals surface area (Å²) < 4.78 is 5.83. The molecule has 0 aromatic heterocycles. The number of benzene rings is 2. The van der Waals surface area contributed by atoms with Crippen molar-refractivity contribution in [3.8, 4) is 16.9 Å². The average Bonchev–Trinajstić information content (AvgIpc) is 2.59. The van der Waals surface area contributed by atoms with Crippen LogP contribution in [0.15, 0.2) is 54.6 Å². The van der Waals surface area contributed by atoms with Crippen LogP contribution in [0.1, 0.15) is 26.7 Å². The highest BCUT2D eigenvalue weighted by Crippen LogP contribution is 2.22. The molecule has 0 aliphatic heterocycles. The van der Waals surface area contributed by atoms with Gasteiger partial charge in [-0.1, -0.05) is 56.3 Å². The van der Waals surface area contributed by atoms with Crippen molar-refractivity contribution in [3.63, 3.8) is 0 Å². The molecule has 0 aliphatic carbocycles. The van der Waals surface area contributed by atoms with Gasteiger partial charge in [0.15, 0.2) is 0 Å². The normalized spacial score (nSPS) is 10.9. The van der Waals surface area contributed by atoms with Gasteiger partial charge in [0, 0.05) is 0 Å². The van der Waals surface area contributed by atoms with Gasteiger partial charge in [-0.25, -0.2) is 0 Å². The summed E-state index contributed by atoms with van der Waals surface area (Å²) in [5, 5.41) is 0. The van der Waals surface area contributed by atoms with E-state index in [1.165, 1.54) is 24.1 Å². The van der Waals surface area contributed by atoms with Crippen LogP contribution in [0.25, 0.3) is 11.1 Å². The third-order valence-electron chi connectivity index (χ3n) is 3.99. The molecule has 0 saturated heterocycles. The summed E-state index contributed by atoms with van der Waals surface area (Å²) in [4.78, 5) is 2.45. The molecule has 0 radical (unpaired) electrons. The number of hydrogen-bond acceptors (Lipinski definition) is 2. The summed E-state index contributed by atoms with van der Waals surface area (Å²) in [7, 11) is 0. The molecule has 0 aliphatic rings. The first-order chi connectivity index (χ1) is 10.8. The van der Waals surface area contributed by atoms with Crippen LogP contribution in [0.4, 0.5) is 0 Å². The van der Waals surface area contributed by atoms with Crippen LogP contribution in [0.3, 0.4) is 0 Å². The Hall–Kier alpha value is -1.80. The van der Waals surface area contributed by atoms with Gasteiger partial charge in [-0.2, -0.15) is 0 Å². The minimum absolute atomic E-state index is 0.798. The summed E-state index contributed by atoms with van der Waals surface area (Å²) in [5.74, 6) is 0.961. The quantitative estimate of drug-likeness (QED) is 0.613. The molecule has 2 aromatic carbocycles. The molecule has 0 N–H and O–H groups in total. The molecule has 2 heteroatoms. The van der Waals surface area contributed by atoms with Crippen LogP contribution < -0.4 is 4.74 Å². The van der Waals surface area contributed by atoms with Crippen molar-refractivity contribution in [2.24, 2.45) is 0 Å². The van der Waals surface area contributed by atoms with E-state index in [0.717, 1.165) is 31.9 Å². The Bertz CT molecular complexity index is 517. The highest BCUT2D eigenvalue weighted by atomic mass is 16.5. The van der Waals surface area contributed by atoms with Gasteiger partial charge < -0.3 is 9.64 Å². The van der Waals surface area contributed by atoms with E-state index in [1.54, 1.807) is 0 Å². The molecule has 0 heterocycles. The van der Waals surface area contributed by atoms with Gasteiger partial charge in [-0.05, 0) is 55.7 Å². The summed E-state index contributed by atoms with van der Waals surface area (Å²) in [6.07, 6.45) is 2.31. The van der Waals surface area contributed by atoms with Gasteiger partial charge >= 0.3 is 0 Å². The van der Waals surface area contributed by atoms with E-state index in [-0.39, 0.29) is 0 Å². The van der Waals surface area contributed by atoms with E-state index in [1.807, 2.05) is 6.07 Å². The molecule has 0 spiro atoms. The van der Waals surface area contributed by atoms with Crippen LogP contribution in [0, 0.1) is 0 Å². The minimum Gasteiger partial charge on any atom is -0.494 e. The predicted octanol–water partition coefficient (Wildman–Crippen LogP) is 4.85. The van der Waals surface area contributed by atoms with Crippen molar-refractivity contribution >= 4 is 0 Å². The highest BCUT2D eigenvalue weighted by Gasteiger charge is 2.00.